The van der Waals surface area contributed by atoms with Crippen LogP contribution in [0.15, 0.2) is 53.9 Å². The van der Waals surface area contributed by atoms with E-state index in [-0.39, 0.29) is 18.4 Å². The van der Waals surface area contributed by atoms with Crippen molar-refractivity contribution in [3.63, 3.8) is 0 Å². The molecule has 0 fully saturated rings. The minimum absolute atomic E-state index is 0.0240. The van der Waals surface area contributed by atoms with Crippen molar-refractivity contribution < 1.29 is 14.3 Å². The minimum Gasteiger partial charge on any atom is -0.493 e. The first-order valence-electron chi connectivity index (χ1n) is 10.1. The Kier molecular flexibility index (Phi) is 8.03. The van der Waals surface area contributed by atoms with Crippen LogP contribution in [0.2, 0.25) is 0 Å². The van der Waals surface area contributed by atoms with Crippen molar-refractivity contribution in [1.82, 2.24) is 15.2 Å². The van der Waals surface area contributed by atoms with Crippen molar-refractivity contribution >= 4 is 17.2 Å². The second-order valence-corrected chi connectivity index (χ2v) is 8.36. The molecule has 6 nitrogen and oxygen atoms in total. The summed E-state index contributed by atoms with van der Waals surface area (Å²) in [5.74, 6) is 1.31. The number of benzene rings is 2. The van der Waals surface area contributed by atoms with Crippen molar-refractivity contribution in [2.75, 3.05) is 34.9 Å². The van der Waals surface area contributed by atoms with Gasteiger partial charge in [0.2, 0.25) is 5.91 Å². The summed E-state index contributed by atoms with van der Waals surface area (Å²) in [6.45, 7) is 0.591. The van der Waals surface area contributed by atoms with E-state index in [1.54, 1.807) is 14.2 Å². The zero-order valence-corrected chi connectivity index (χ0v) is 19.2. The molecule has 164 valence electrons. The number of rotatable bonds is 10. The highest BCUT2D eigenvalue weighted by Crippen LogP contribution is 2.33. The summed E-state index contributed by atoms with van der Waals surface area (Å²) >= 11 is 1.51. The van der Waals surface area contributed by atoms with Gasteiger partial charge in [-0.3, -0.25) is 4.79 Å². The highest BCUT2D eigenvalue weighted by atomic mass is 32.1. The molecule has 31 heavy (non-hydrogen) atoms. The molecule has 0 bridgehead atoms. The fourth-order valence-electron chi connectivity index (χ4n) is 3.27. The summed E-state index contributed by atoms with van der Waals surface area (Å²) < 4.78 is 10.7. The molecule has 2 aromatic carbocycles. The molecule has 1 heterocycles. The van der Waals surface area contributed by atoms with Gasteiger partial charge in [0.25, 0.3) is 0 Å². The van der Waals surface area contributed by atoms with E-state index in [0.29, 0.717) is 18.0 Å². The van der Waals surface area contributed by atoms with Gasteiger partial charge < -0.3 is 19.7 Å². The number of carbonyl (C=O) groups excluding carboxylic acids is 1. The summed E-state index contributed by atoms with van der Waals surface area (Å²) in [6, 6.07) is 16.2. The Balaban J connectivity index is 1.58. The van der Waals surface area contributed by atoms with Gasteiger partial charge in [0.1, 0.15) is 5.01 Å². The highest BCUT2D eigenvalue weighted by molar-refractivity contribution is 7.13. The van der Waals surface area contributed by atoms with Crippen molar-refractivity contribution in [1.29, 1.82) is 0 Å². The third-order valence-corrected chi connectivity index (χ3v) is 6.04. The lowest BCUT2D eigenvalue weighted by molar-refractivity contribution is -0.120. The van der Waals surface area contributed by atoms with Gasteiger partial charge in [-0.25, -0.2) is 4.98 Å². The predicted octanol–water partition coefficient (Wildman–Crippen LogP) is 3.66. The molecule has 3 aromatic rings. The molecule has 1 unspecified atom stereocenters. The third-order valence-electron chi connectivity index (χ3n) is 5.10. The number of hydrogen-bond acceptors (Lipinski definition) is 6. The molecule has 0 aliphatic rings. The van der Waals surface area contributed by atoms with Crippen LogP contribution in [0.3, 0.4) is 0 Å². The Morgan fingerprint density at radius 1 is 1.10 bits per heavy atom. The molecule has 0 radical (unpaired) electrons. The molecule has 0 saturated carbocycles. The number of amides is 1. The van der Waals surface area contributed by atoms with E-state index < -0.39 is 0 Å². The van der Waals surface area contributed by atoms with E-state index >= 15 is 0 Å². The number of methoxy groups -OCH3 is 2. The van der Waals surface area contributed by atoms with Crippen LogP contribution in [0.25, 0.3) is 10.6 Å². The molecule has 1 amide bonds. The van der Waals surface area contributed by atoms with Gasteiger partial charge in [0.05, 0.1) is 26.3 Å². The van der Waals surface area contributed by atoms with Crippen LogP contribution < -0.4 is 14.8 Å². The minimum atomic E-state index is -0.0240. The standard InChI is InChI=1S/C24H29N3O3S/c1-27(2)20(12-17-8-6-5-7-9-17)15-25-23(28)14-19-16-31-24(26-19)18-10-11-21(29-3)22(13-18)30-4/h5-11,13,16,20H,12,14-15H2,1-4H3,(H,25,28). The summed E-state index contributed by atoms with van der Waals surface area (Å²) in [6.07, 6.45) is 1.14. The third kappa shape index (κ3) is 6.29. The molecule has 1 aromatic heterocycles. The van der Waals surface area contributed by atoms with Crippen LogP contribution in [0.5, 0.6) is 11.5 Å². The van der Waals surface area contributed by atoms with Gasteiger partial charge in [0, 0.05) is 23.5 Å². The Labute approximate surface area is 187 Å². The van der Waals surface area contributed by atoms with Gasteiger partial charge in [-0.05, 0) is 44.3 Å². The lowest BCUT2D eigenvalue weighted by Crippen LogP contribution is -2.42. The molecule has 0 saturated heterocycles. The zero-order chi connectivity index (χ0) is 22.2. The maximum Gasteiger partial charge on any atom is 0.226 e. The number of likely N-dealkylation sites (N-methyl/N-ethyl adjacent to an activating group) is 1. The summed E-state index contributed by atoms with van der Waals surface area (Å²) in [5.41, 5.74) is 2.95. The maximum absolute atomic E-state index is 12.5. The monoisotopic (exact) mass is 439 g/mol. The van der Waals surface area contributed by atoms with E-state index in [1.807, 2.05) is 55.9 Å². The number of ether oxygens (including phenoxy) is 2. The first-order valence-corrected chi connectivity index (χ1v) is 11.0. The Bertz CT molecular complexity index is 989. The smallest absolute Gasteiger partial charge is 0.226 e. The number of thiazole rings is 1. The number of aromatic nitrogens is 1. The number of hydrogen-bond donors (Lipinski definition) is 1. The fraction of sp³-hybridized carbons (Fsp3) is 0.333. The van der Waals surface area contributed by atoms with Crippen molar-refractivity contribution in [2.24, 2.45) is 0 Å². The Hall–Kier alpha value is -2.90. The molecular weight excluding hydrogens is 410 g/mol. The lowest BCUT2D eigenvalue weighted by Gasteiger charge is -2.24. The average molecular weight is 440 g/mol. The summed E-state index contributed by atoms with van der Waals surface area (Å²) in [7, 11) is 7.29. The highest BCUT2D eigenvalue weighted by Gasteiger charge is 2.15. The quantitative estimate of drug-likeness (QED) is 0.522. The van der Waals surface area contributed by atoms with Gasteiger partial charge in [-0.2, -0.15) is 0 Å². The SMILES string of the molecule is COc1ccc(-c2nc(CC(=O)NCC(Cc3ccccc3)N(C)C)cs2)cc1OC. The second-order valence-electron chi connectivity index (χ2n) is 7.50. The van der Waals surface area contributed by atoms with Gasteiger partial charge in [-0.15, -0.1) is 11.3 Å². The van der Waals surface area contributed by atoms with Gasteiger partial charge in [0.15, 0.2) is 11.5 Å². The van der Waals surface area contributed by atoms with Crippen LogP contribution >= 0.6 is 11.3 Å². The predicted molar refractivity (Wildman–Crippen MR) is 125 cm³/mol. The normalized spacial score (nSPS) is 11.9. The first kappa shape index (κ1) is 22.8. The van der Waals surface area contributed by atoms with Crippen molar-refractivity contribution in [3.8, 4) is 22.1 Å². The topological polar surface area (TPSA) is 63.7 Å². The van der Waals surface area contributed by atoms with Gasteiger partial charge in [-0.1, -0.05) is 30.3 Å². The van der Waals surface area contributed by atoms with Crippen LogP contribution in [0, 0.1) is 0 Å². The molecule has 0 aliphatic carbocycles. The molecular formula is C24H29N3O3S. The molecule has 1 atom stereocenters. The molecule has 0 aliphatic heterocycles. The molecule has 1 N–H and O–H groups in total. The van der Waals surface area contributed by atoms with E-state index in [4.69, 9.17) is 9.47 Å². The average Bonchev–Trinajstić information content (AvgIpc) is 3.25. The second kappa shape index (κ2) is 10.9. The van der Waals surface area contributed by atoms with E-state index in [0.717, 1.165) is 22.7 Å². The van der Waals surface area contributed by atoms with E-state index in [2.05, 4.69) is 27.3 Å². The van der Waals surface area contributed by atoms with Gasteiger partial charge >= 0.3 is 0 Å². The van der Waals surface area contributed by atoms with Crippen LogP contribution in [-0.2, 0) is 17.6 Å². The van der Waals surface area contributed by atoms with Crippen LogP contribution in [0.1, 0.15) is 11.3 Å². The Morgan fingerprint density at radius 2 is 1.84 bits per heavy atom. The lowest BCUT2D eigenvalue weighted by atomic mass is 10.1. The Morgan fingerprint density at radius 3 is 2.52 bits per heavy atom. The van der Waals surface area contributed by atoms with E-state index in [9.17, 15) is 4.79 Å². The largest absolute Gasteiger partial charge is 0.493 e. The van der Waals surface area contributed by atoms with Crippen LogP contribution in [0.4, 0.5) is 0 Å². The number of nitrogens with zero attached hydrogens (tertiary/aromatic N) is 2. The van der Waals surface area contributed by atoms with E-state index in [1.165, 1.54) is 16.9 Å². The number of nitrogens with one attached hydrogen (secondary N) is 1. The molecule has 3 rings (SSSR count). The molecule has 0 spiro atoms. The van der Waals surface area contributed by atoms with Crippen LogP contribution in [-0.4, -0.2) is 56.7 Å². The summed E-state index contributed by atoms with van der Waals surface area (Å²) in [5, 5.41) is 5.84. The number of carbonyl (C=O) groups is 1. The maximum atomic E-state index is 12.5. The van der Waals surface area contributed by atoms with Crippen molar-refractivity contribution in [3.05, 3.63) is 65.2 Å². The fourth-order valence-corrected chi connectivity index (χ4v) is 4.09. The molecule has 7 heteroatoms. The zero-order valence-electron chi connectivity index (χ0n) is 18.4. The first-order chi connectivity index (χ1) is 15.0. The van der Waals surface area contributed by atoms with Crippen molar-refractivity contribution in [2.45, 2.75) is 18.9 Å². The summed E-state index contributed by atoms with van der Waals surface area (Å²) in [4.78, 5) is 19.3.